The van der Waals surface area contributed by atoms with Crippen LogP contribution in [0.5, 0.6) is 5.75 Å². The number of amides is 1. The van der Waals surface area contributed by atoms with Crippen molar-refractivity contribution in [3.63, 3.8) is 0 Å². The van der Waals surface area contributed by atoms with Gasteiger partial charge in [0.05, 0.1) is 11.3 Å². The zero-order chi connectivity index (χ0) is 22.0. The Morgan fingerprint density at radius 1 is 1.19 bits per heavy atom. The van der Waals surface area contributed by atoms with Gasteiger partial charge in [0.2, 0.25) is 11.9 Å². The van der Waals surface area contributed by atoms with Gasteiger partial charge in [-0.25, -0.2) is 9.97 Å². The van der Waals surface area contributed by atoms with Crippen molar-refractivity contribution in [2.75, 3.05) is 11.1 Å². The number of nitrogen functional groups attached to an aromatic ring is 1. The topological polar surface area (TPSA) is 142 Å². The zero-order valence-corrected chi connectivity index (χ0v) is 17.1. The van der Waals surface area contributed by atoms with Gasteiger partial charge < -0.3 is 27.3 Å². The number of rotatable bonds is 6. The molecule has 0 aliphatic heterocycles. The normalized spacial score (nSPS) is 14.5. The molecule has 1 aliphatic carbocycles. The van der Waals surface area contributed by atoms with Gasteiger partial charge in [-0.15, -0.1) is 0 Å². The highest BCUT2D eigenvalue weighted by Gasteiger charge is 2.29. The van der Waals surface area contributed by atoms with Crippen LogP contribution in [0.3, 0.4) is 0 Å². The molecule has 3 aromatic rings. The Hall–Kier alpha value is -4.07. The van der Waals surface area contributed by atoms with Gasteiger partial charge in [0.15, 0.2) is 5.88 Å². The Balaban J connectivity index is 1.77. The maximum atomic E-state index is 12.3. The SMILES string of the molecule is Cc1ccc2c(NC(=O)C3CC3)cccc2c1O/C(N)=C(/C=C\N)c1ccnc(N)n1. The van der Waals surface area contributed by atoms with Crippen molar-refractivity contribution < 1.29 is 9.53 Å². The van der Waals surface area contributed by atoms with Crippen molar-refractivity contribution in [1.29, 1.82) is 0 Å². The molecule has 1 aliphatic rings. The molecule has 1 amide bonds. The number of ether oxygens (including phenoxy) is 1. The molecule has 8 heteroatoms. The van der Waals surface area contributed by atoms with Gasteiger partial charge in [0, 0.05) is 28.6 Å². The van der Waals surface area contributed by atoms with Crippen molar-refractivity contribution in [3.05, 3.63) is 72.0 Å². The third-order valence-electron chi connectivity index (χ3n) is 5.11. The van der Waals surface area contributed by atoms with Crippen molar-refractivity contribution in [2.24, 2.45) is 17.4 Å². The Kier molecular flexibility index (Phi) is 5.44. The van der Waals surface area contributed by atoms with E-state index >= 15 is 0 Å². The summed E-state index contributed by atoms with van der Waals surface area (Å²) in [6.07, 6.45) is 6.37. The van der Waals surface area contributed by atoms with Gasteiger partial charge in [-0.3, -0.25) is 4.79 Å². The number of fused-ring (bicyclic) bond motifs is 1. The minimum Gasteiger partial charge on any atom is -0.440 e. The van der Waals surface area contributed by atoms with Crippen LogP contribution in [-0.2, 0) is 4.79 Å². The average molecular weight is 416 g/mol. The summed E-state index contributed by atoms with van der Waals surface area (Å²) >= 11 is 0. The molecule has 0 radical (unpaired) electrons. The number of hydrogen-bond acceptors (Lipinski definition) is 7. The fraction of sp³-hybridized carbons (Fsp3) is 0.174. The summed E-state index contributed by atoms with van der Waals surface area (Å²) < 4.78 is 6.12. The molecule has 0 unspecified atom stereocenters. The van der Waals surface area contributed by atoms with E-state index in [1.54, 1.807) is 12.1 Å². The Morgan fingerprint density at radius 3 is 2.71 bits per heavy atom. The summed E-state index contributed by atoms with van der Waals surface area (Å²) in [5.74, 6) is 0.975. The van der Waals surface area contributed by atoms with Crippen LogP contribution in [-0.4, -0.2) is 15.9 Å². The standard InChI is InChI=1S/C23H24N6O2/c1-13-5-8-15-16(3-2-4-18(15)28-22(30)14-6-7-14)20(13)31-21(25)17(9-11-24)19-10-12-27-23(26)29-19/h2-5,8-12,14H,6-7,24-25H2,1H3,(H,28,30)(H2,26,27,29)/b11-9-,21-17-. The number of carbonyl (C=O) groups excluding carboxylic acids is 1. The number of nitrogens with zero attached hydrogens (tertiary/aromatic N) is 2. The van der Waals surface area contributed by atoms with Gasteiger partial charge >= 0.3 is 0 Å². The number of nitrogens with one attached hydrogen (secondary N) is 1. The van der Waals surface area contributed by atoms with E-state index in [-0.39, 0.29) is 23.7 Å². The number of benzene rings is 2. The molecule has 8 nitrogen and oxygen atoms in total. The molecule has 2 aromatic carbocycles. The highest BCUT2D eigenvalue weighted by molar-refractivity contribution is 6.05. The van der Waals surface area contributed by atoms with Crippen molar-refractivity contribution in [2.45, 2.75) is 19.8 Å². The molecule has 1 saturated carbocycles. The number of aromatic nitrogens is 2. The molecular weight excluding hydrogens is 392 g/mol. The van der Waals surface area contributed by atoms with Gasteiger partial charge in [0.1, 0.15) is 5.75 Å². The number of hydrogen-bond donors (Lipinski definition) is 4. The predicted octanol–water partition coefficient (Wildman–Crippen LogP) is 3.05. The molecule has 7 N–H and O–H groups in total. The van der Waals surface area contributed by atoms with E-state index in [4.69, 9.17) is 21.9 Å². The average Bonchev–Trinajstić information content (AvgIpc) is 3.59. The Labute approximate surface area is 179 Å². The van der Waals surface area contributed by atoms with Crippen molar-refractivity contribution >= 4 is 33.9 Å². The minimum atomic E-state index is 0.0478. The molecule has 0 spiro atoms. The second-order valence-corrected chi connectivity index (χ2v) is 7.41. The molecular formula is C23H24N6O2. The summed E-state index contributed by atoms with van der Waals surface area (Å²) in [7, 11) is 0. The van der Waals surface area contributed by atoms with E-state index in [1.165, 1.54) is 12.4 Å². The van der Waals surface area contributed by atoms with E-state index < -0.39 is 0 Å². The lowest BCUT2D eigenvalue weighted by Crippen LogP contribution is -2.14. The van der Waals surface area contributed by atoms with Crippen LogP contribution in [0.4, 0.5) is 11.6 Å². The number of anilines is 2. The number of nitrogens with two attached hydrogens (primary N) is 3. The summed E-state index contributed by atoms with van der Waals surface area (Å²) in [6.45, 7) is 1.93. The van der Waals surface area contributed by atoms with Crippen LogP contribution in [0.2, 0.25) is 0 Å². The van der Waals surface area contributed by atoms with Crippen LogP contribution < -0.4 is 27.3 Å². The lowest BCUT2D eigenvalue weighted by Gasteiger charge is -2.16. The second-order valence-electron chi connectivity index (χ2n) is 7.41. The highest BCUT2D eigenvalue weighted by atomic mass is 16.5. The Morgan fingerprint density at radius 2 is 2.00 bits per heavy atom. The predicted molar refractivity (Wildman–Crippen MR) is 122 cm³/mol. The molecule has 1 aromatic heterocycles. The van der Waals surface area contributed by atoms with Gasteiger partial charge in [-0.1, -0.05) is 24.3 Å². The minimum absolute atomic E-state index is 0.0478. The van der Waals surface area contributed by atoms with Gasteiger partial charge in [-0.05, 0) is 49.7 Å². The molecule has 0 atom stereocenters. The smallest absolute Gasteiger partial charge is 0.227 e. The third-order valence-corrected chi connectivity index (χ3v) is 5.11. The highest BCUT2D eigenvalue weighted by Crippen LogP contribution is 2.36. The number of carbonyl (C=O) groups is 1. The third kappa shape index (κ3) is 4.28. The summed E-state index contributed by atoms with van der Waals surface area (Å²) in [5.41, 5.74) is 20.2. The van der Waals surface area contributed by atoms with E-state index in [9.17, 15) is 4.79 Å². The summed E-state index contributed by atoms with van der Waals surface area (Å²) in [4.78, 5) is 20.4. The molecule has 0 bridgehead atoms. The largest absolute Gasteiger partial charge is 0.440 e. The van der Waals surface area contributed by atoms with Gasteiger partial charge in [0.25, 0.3) is 0 Å². The first-order valence-corrected chi connectivity index (χ1v) is 9.96. The zero-order valence-electron chi connectivity index (χ0n) is 17.1. The van der Waals surface area contributed by atoms with Crippen molar-refractivity contribution in [3.8, 4) is 5.75 Å². The van der Waals surface area contributed by atoms with Gasteiger partial charge in [-0.2, -0.15) is 0 Å². The number of aryl methyl sites for hydroxylation is 1. The lowest BCUT2D eigenvalue weighted by molar-refractivity contribution is -0.117. The maximum Gasteiger partial charge on any atom is 0.227 e. The lowest BCUT2D eigenvalue weighted by atomic mass is 10.0. The molecule has 0 saturated heterocycles. The monoisotopic (exact) mass is 416 g/mol. The second kappa shape index (κ2) is 8.35. The molecule has 158 valence electrons. The first-order chi connectivity index (χ1) is 15.0. The maximum absolute atomic E-state index is 12.3. The van der Waals surface area contributed by atoms with Crippen LogP contribution >= 0.6 is 0 Å². The molecule has 31 heavy (non-hydrogen) atoms. The summed E-state index contributed by atoms with van der Waals surface area (Å²) in [6, 6.07) is 11.3. The molecule has 1 heterocycles. The number of allylic oxidation sites excluding steroid dienone is 2. The molecule has 4 rings (SSSR count). The van der Waals surface area contributed by atoms with Crippen LogP contribution in [0.25, 0.3) is 16.3 Å². The summed E-state index contributed by atoms with van der Waals surface area (Å²) in [5, 5.41) is 4.72. The van der Waals surface area contributed by atoms with E-state index in [2.05, 4.69) is 15.3 Å². The quantitative estimate of drug-likeness (QED) is 0.357. The van der Waals surface area contributed by atoms with Crippen LogP contribution in [0.1, 0.15) is 24.1 Å². The Bertz CT molecular complexity index is 1210. The van der Waals surface area contributed by atoms with Crippen LogP contribution in [0, 0.1) is 12.8 Å². The first kappa shape index (κ1) is 20.2. The fourth-order valence-corrected chi connectivity index (χ4v) is 3.34. The van der Waals surface area contributed by atoms with E-state index in [0.29, 0.717) is 17.0 Å². The van der Waals surface area contributed by atoms with Crippen molar-refractivity contribution in [1.82, 2.24) is 9.97 Å². The molecule has 1 fully saturated rings. The van der Waals surface area contributed by atoms with E-state index in [1.807, 2.05) is 37.3 Å². The van der Waals surface area contributed by atoms with E-state index in [0.717, 1.165) is 34.9 Å². The fourth-order valence-electron chi connectivity index (χ4n) is 3.34. The first-order valence-electron chi connectivity index (χ1n) is 9.96. The van der Waals surface area contributed by atoms with Crippen LogP contribution in [0.15, 0.2) is 60.8 Å².